The molecule has 1 unspecified atom stereocenters. The van der Waals surface area contributed by atoms with E-state index in [2.05, 4.69) is 15.3 Å². The SMILES string of the molecule is CCC(NC(=O)c1coc(COc2ccc(F)cc2)n1)c1ccncc1. The van der Waals surface area contributed by atoms with Crippen LogP contribution in [0.25, 0.3) is 0 Å². The van der Waals surface area contributed by atoms with Gasteiger partial charge in [0.25, 0.3) is 5.91 Å². The molecule has 26 heavy (non-hydrogen) atoms. The molecule has 0 aliphatic heterocycles. The van der Waals surface area contributed by atoms with Crippen molar-refractivity contribution in [1.29, 1.82) is 0 Å². The van der Waals surface area contributed by atoms with Crippen molar-refractivity contribution < 1.29 is 18.3 Å². The number of ether oxygens (including phenoxy) is 1. The van der Waals surface area contributed by atoms with E-state index in [4.69, 9.17) is 9.15 Å². The monoisotopic (exact) mass is 355 g/mol. The Morgan fingerprint density at radius 2 is 1.96 bits per heavy atom. The lowest BCUT2D eigenvalue weighted by molar-refractivity contribution is 0.0930. The molecule has 0 fully saturated rings. The Morgan fingerprint density at radius 1 is 1.23 bits per heavy atom. The molecule has 2 heterocycles. The second-order valence-corrected chi connectivity index (χ2v) is 5.58. The highest BCUT2D eigenvalue weighted by molar-refractivity contribution is 5.92. The minimum absolute atomic E-state index is 0.0421. The van der Waals surface area contributed by atoms with E-state index >= 15 is 0 Å². The van der Waals surface area contributed by atoms with Gasteiger partial charge in [-0.15, -0.1) is 0 Å². The molecule has 3 rings (SSSR count). The van der Waals surface area contributed by atoms with Crippen molar-refractivity contribution in [2.45, 2.75) is 26.0 Å². The van der Waals surface area contributed by atoms with E-state index in [0.29, 0.717) is 5.75 Å². The van der Waals surface area contributed by atoms with Crippen LogP contribution in [0.5, 0.6) is 5.75 Å². The molecule has 3 aromatic rings. The molecule has 6 nitrogen and oxygen atoms in total. The number of hydrogen-bond donors (Lipinski definition) is 1. The second-order valence-electron chi connectivity index (χ2n) is 5.58. The molecule has 7 heteroatoms. The Kier molecular flexibility index (Phi) is 5.58. The molecule has 0 saturated heterocycles. The van der Waals surface area contributed by atoms with Gasteiger partial charge in [0.1, 0.15) is 17.8 Å². The van der Waals surface area contributed by atoms with Crippen molar-refractivity contribution >= 4 is 5.91 Å². The van der Waals surface area contributed by atoms with Crippen LogP contribution in [-0.4, -0.2) is 15.9 Å². The van der Waals surface area contributed by atoms with Gasteiger partial charge in [-0.25, -0.2) is 9.37 Å². The fourth-order valence-corrected chi connectivity index (χ4v) is 2.41. The van der Waals surface area contributed by atoms with Crippen LogP contribution in [0.1, 0.15) is 41.3 Å². The number of pyridine rings is 1. The van der Waals surface area contributed by atoms with E-state index in [9.17, 15) is 9.18 Å². The summed E-state index contributed by atoms with van der Waals surface area (Å²) in [7, 11) is 0. The first kappa shape index (κ1) is 17.6. The smallest absolute Gasteiger partial charge is 0.273 e. The first-order chi connectivity index (χ1) is 12.7. The third-order valence-corrected chi connectivity index (χ3v) is 3.78. The Hall–Kier alpha value is -3.22. The predicted molar refractivity (Wildman–Crippen MR) is 92.0 cm³/mol. The van der Waals surface area contributed by atoms with Crippen molar-refractivity contribution in [1.82, 2.24) is 15.3 Å². The van der Waals surface area contributed by atoms with Crippen LogP contribution in [0.4, 0.5) is 4.39 Å². The summed E-state index contributed by atoms with van der Waals surface area (Å²) in [5.41, 5.74) is 1.15. The van der Waals surface area contributed by atoms with Gasteiger partial charge in [0, 0.05) is 12.4 Å². The van der Waals surface area contributed by atoms with E-state index in [1.165, 1.54) is 30.5 Å². The van der Waals surface area contributed by atoms with E-state index < -0.39 is 0 Å². The lowest BCUT2D eigenvalue weighted by Gasteiger charge is -2.16. The zero-order valence-electron chi connectivity index (χ0n) is 14.2. The fourth-order valence-electron chi connectivity index (χ4n) is 2.41. The molecule has 2 aromatic heterocycles. The Bertz CT molecular complexity index is 850. The van der Waals surface area contributed by atoms with Crippen LogP contribution >= 0.6 is 0 Å². The van der Waals surface area contributed by atoms with E-state index in [1.54, 1.807) is 12.4 Å². The topological polar surface area (TPSA) is 77.2 Å². The van der Waals surface area contributed by atoms with Gasteiger partial charge in [0.15, 0.2) is 12.3 Å². The minimum Gasteiger partial charge on any atom is -0.484 e. The molecule has 0 saturated carbocycles. The van der Waals surface area contributed by atoms with Crippen LogP contribution in [0.15, 0.2) is 59.5 Å². The highest BCUT2D eigenvalue weighted by Gasteiger charge is 2.17. The van der Waals surface area contributed by atoms with Gasteiger partial charge in [-0.05, 0) is 48.4 Å². The molecule has 0 bridgehead atoms. The molecule has 134 valence electrons. The number of halogens is 1. The van der Waals surface area contributed by atoms with Crippen LogP contribution in [-0.2, 0) is 6.61 Å². The number of amides is 1. The summed E-state index contributed by atoms with van der Waals surface area (Å²) in [6.07, 6.45) is 5.39. The summed E-state index contributed by atoms with van der Waals surface area (Å²) < 4.78 is 23.6. The number of hydrogen-bond acceptors (Lipinski definition) is 5. The first-order valence-corrected chi connectivity index (χ1v) is 8.19. The van der Waals surface area contributed by atoms with Crippen molar-refractivity contribution in [3.05, 3.63) is 78.0 Å². The second kappa shape index (κ2) is 8.24. The van der Waals surface area contributed by atoms with Crippen molar-refractivity contribution in [2.75, 3.05) is 0 Å². The van der Waals surface area contributed by atoms with Crippen molar-refractivity contribution in [2.24, 2.45) is 0 Å². The number of benzene rings is 1. The van der Waals surface area contributed by atoms with Gasteiger partial charge in [0.05, 0.1) is 6.04 Å². The summed E-state index contributed by atoms with van der Waals surface area (Å²) in [6, 6.07) is 9.19. The standard InChI is InChI=1S/C19H18FN3O3/c1-2-16(13-7-9-21-10-8-13)23-19(24)17-11-26-18(22-17)12-25-15-5-3-14(20)4-6-15/h3-11,16H,2,12H2,1H3,(H,23,24). The third-order valence-electron chi connectivity index (χ3n) is 3.78. The normalized spacial score (nSPS) is 11.8. The molecule has 1 atom stereocenters. The Labute approximate surface area is 150 Å². The summed E-state index contributed by atoms with van der Waals surface area (Å²) in [5, 5.41) is 2.92. The molecule has 0 aliphatic rings. The molecule has 1 amide bonds. The first-order valence-electron chi connectivity index (χ1n) is 8.19. The summed E-state index contributed by atoms with van der Waals surface area (Å²) >= 11 is 0. The van der Waals surface area contributed by atoms with Gasteiger partial charge in [-0.2, -0.15) is 0 Å². The Balaban J connectivity index is 1.59. The number of oxazole rings is 1. The van der Waals surface area contributed by atoms with Gasteiger partial charge in [-0.3, -0.25) is 9.78 Å². The third kappa shape index (κ3) is 4.44. The number of carbonyl (C=O) groups is 1. The van der Waals surface area contributed by atoms with Crippen molar-refractivity contribution in [3.63, 3.8) is 0 Å². The molecule has 0 aliphatic carbocycles. The summed E-state index contributed by atoms with van der Waals surface area (Å²) in [4.78, 5) is 20.5. The maximum Gasteiger partial charge on any atom is 0.273 e. The van der Waals surface area contributed by atoms with E-state index in [0.717, 1.165) is 12.0 Å². The molecule has 1 N–H and O–H groups in total. The average Bonchev–Trinajstić information content (AvgIpc) is 3.15. The highest BCUT2D eigenvalue weighted by atomic mass is 19.1. The number of nitrogens with zero attached hydrogens (tertiary/aromatic N) is 2. The van der Waals surface area contributed by atoms with Crippen LogP contribution < -0.4 is 10.1 Å². The Morgan fingerprint density at radius 3 is 2.65 bits per heavy atom. The minimum atomic E-state index is -0.341. The lowest BCUT2D eigenvalue weighted by atomic mass is 10.1. The highest BCUT2D eigenvalue weighted by Crippen LogP contribution is 2.17. The average molecular weight is 355 g/mol. The zero-order valence-corrected chi connectivity index (χ0v) is 14.2. The van der Waals surface area contributed by atoms with Crippen LogP contribution in [0.2, 0.25) is 0 Å². The maximum atomic E-state index is 12.9. The van der Waals surface area contributed by atoms with Gasteiger partial charge in [-0.1, -0.05) is 6.92 Å². The van der Waals surface area contributed by atoms with Gasteiger partial charge in [0.2, 0.25) is 5.89 Å². The predicted octanol–water partition coefficient (Wildman–Crippen LogP) is 3.67. The largest absolute Gasteiger partial charge is 0.484 e. The van der Waals surface area contributed by atoms with E-state index in [1.807, 2.05) is 19.1 Å². The summed E-state index contributed by atoms with van der Waals surface area (Å²) in [6.45, 7) is 2.02. The van der Waals surface area contributed by atoms with E-state index in [-0.39, 0.29) is 36.0 Å². The molecule has 1 aromatic carbocycles. The lowest BCUT2D eigenvalue weighted by Crippen LogP contribution is -2.28. The zero-order chi connectivity index (χ0) is 18.4. The maximum absolute atomic E-state index is 12.9. The molecule has 0 radical (unpaired) electrons. The fraction of sp³-hybridized carbons (Fsp3) is 0.211. The quantitative estimate of drug-likeness (QED) is 0.700. The van der Waals surface area contributed by atoms with Crippen LogP contribution in [0.3, 0.4) is 0 Å². The van der Waals surface area contributed by atoms with Gasteiger partial charge < -0.3 is 14.5 Å². The summed E-state index contributed by atoms with van der Waals surface area (Å²) in [5.74, 6) is 0.0771. The number of nitrogens with one attached hydrogen (secondary N) is 1. The van der Waals surface area contributed by atoms with Crippen molar-refractivity contribution in [3.8, 4) is 5.75 Å². The molecular formula is C19H18FN3O3. The van der Waals surface area contributed by atoms with Gasteiger partial charge >= 0.3 is 0 Å². The number of carbonyl (C=O) groups excluding carboxylic acids is 1. The van der Waals surface area contributed by atoms with Crippen LogP contribution in [0, 0.1) is 5.82 Å². The number of aromatic nitrogens is 2. The number of rotatable bonds is 7. The molecular weight excluding hydrogens is 337 g/mol. The molecule has 0 spiro atoms.